The first-order chi connectivity index (χ1) is 6.33. The Morgan fingerprint density at radius 2 is 2.31 bits per heavy atom. The molecule has 1 N–H and O–H groups in total. The highest BCUT2D eigenvalue weighted by Gasteiger charge is 2.21. The van der Waals surface area contributed by atoms with Gasteiger partial charge in [-0.3, -0.25) is 0 Å². The van der Waals surface area contributed by atoms with Crippen LogP contribution in [0.4, 0.5) is 0 Å². The normalized spacial score (nSPS) is 20.9. The Morgan fingerprint density at radius 1 is 1.54 bits per heavy atom. The maximum Gasteiger partial charge on any atom is 0.133 e. The Morgan fingerprint density at radius 3 is 2.85 bits per heavy atom. The first kappa shape index (κ1) is 9.03. The van der Waals surface area contributed by atoms with Crippen LogP contribution in [0.3, 0.4) is 0 Å². The Hall–Kier alpha value is -0.540. The molecule has 2 nitrogen and oxygen atoms in total. The van der Waals surface area contributed by atoms with E-state index >= 15 is 0 Å². The standard InChI is InChI=1S/C10H12BrNO/c1-13-9-4-2-3-7(10(9)11)8-5-6-12-8/h2-4,8,12H,5-6H2,1H3. The molecule has 1 aliphatic rings. The smallest absolute Gasteiger partial charge is 0.133 e. The molecule has 13 heavy (non-hydrogen) atoms. The van der Waals surface area contributed by atoms with Crippen LogP contribution in [0.25, 0.3) is 0 Å². The minimum absolute atomic E-state index is 0.504. The van der Waals surface area contributed by atoms with Crippen LogP contribution >= 0.6 is 15.9 Å². The van der Waals surface area contributed by atoms with E-state index in [1.807, 2.05) is 12.1 Å². The zero-order chi connectivity index (χ0) is 9.26. The zero-order valence-electron chi connectivity index (χ0n) is 7.51. The summed E-state index contributed by atoms with van der Waals surface area (Å²) in [5.74, 6) is 0.909. The van der Waals surface area contributed by atoms with Gasteiger partial charge in [0.15, 0.2) is 0 Å². The van der Waals surface area contributed by atoms with Gasteiger partial charge in [0.2, 0.25) is 0 Å². The van der Waals surface area contributed by atoms with Gasteiger partial charge < -0.3 is 10.1 Å². The summed E-state index contributed by atoms with van der Waals surface area (Å²) < 4.78 is 6.31. The largest absolute Gasteiger partial charge is 0.496 e. The van der Waals surface area contributed by atoms with Crippen LogP contribution in [0.1, 0.15) is 18.0 Å². The maximum atomic E-state index is 5.23. The molecule has 3 heteroatoms. The molecule has 1 atom stereocenters. The summed E-state index contributed by atoms with van der Waals surface area (Å²) in [5, 5.41) is 3.37. The molecule has 0 spiro atoms. The van der Waals surface area contributed by atoms with Crippen molar-refractivity contribution in [2.45, 2.75) is 12.5 Å². The molecule has 0 saturated carbocycles. The fourth-order valence-electron chi connectivity index (χ4n) is 1.51. The average molecular weight is 242 g/mol. The third-order valence-electron chi connectivity index (χ3n) is 2.41. The highest BCUT2D eigenvalue weighted by Crippen LogP contribution is 2.35. The second-order valence-corrected chi connectivity index (χ2v) is 3.95. The van der Waals surface area contributed by atoms with Crippen molar-refractivity contribution >= 4 is 15.9 Å². The minimum atomic E-state index is 0.504. The summed E-state index contributed by atoms with van der Waals surface area (Å²) in [6, 6.07) is 6.62. The van der Waals surface area contributed by atoms with Crippen LogP contribution in [-0.4, -0.2) is 13.7 Å². The molecule has 1 aliphatic heterocycles. The fraction of sp³-hybridized carbons (Fsp3) is 0.400. The number of ether oxygens (including phenoxy) is 1. The van der Waals surface area contributed by atoms with E-state index < -0.39 is 0 Å². The van der Waals surface area contributed by atoms with Crippen molar-refractivity contribution in [3.63, 3.8) is 0 Å². The maximum absolute atomic E-state index is 5.23. The number of hydrogen-bond acceptors (Lipinski definition) is 2. The van der Waals surface area contributed by atoms with Crippen molar-refractivity contribution in [1.29, 1.82) is 0 Å². The number of rotatable bonds is 2. The topological polar surface area (TPSA) is 21.3 Å². The Kier molecular flexibility index (Phi) is 2.56. The summed E-state index contributed by atoms with van der Waals surface area (Å²) in [7, 11) is 1.69. The third kappa shape index (κ3) is 1.58. The van der Waals surface area contributed by atoms with Gasteiger partial charge in [0.05, 0.1) is 11.6 Å². The Labute approximate surface area is 86.4 Å². The molecular formula is C10H12BrNO. The zero-order valence-corrected chi connectivity index (χ0v) is 9.10. The summed E-state index contributed by atoms with van der Waals surface area (Å²) in [4.78, 5) is 0. The minimum Gasteiger partial charge on any atom is -0.496 e. The Bertz CT molecular complexity index is 310. The SMILES string of the molecule is COc1cccc(C2CCN2)c1Br. The van der Waals surface area contributed by atoms with Crippen LogP contribution in [0.15, 0.2) is 22.7 Å². The second kappa shape index (κ2) is 3.68. The van der Waals surface area contributed by atoms with E-state index in [4.69, 9.17) is 4.74 Å². The molecule has 0 radical (unpaired) electrons. The van der Waals surface area contributed by atoms with Crippen LogP contribution in [-0.2, 0) is 0 Å². The molecular weight excluding hydrogens is 230 g/mol. The van der Waals surface area contributed by atoms with Crippen molar-refractivity contribution < 1.29 is 4.74 Å². The van der Waals surface area contributed by atoms with Crippen molar-refractivity contribution in [2.75, 3.05) is 13.7 Å². The fourth-order valence-corrected chi connectivity index (χ4v) is 2.21. The van der Waals surface area contributed by atoms with Gasteiger partial charge >= 0.3 is 0 Å². The van der Waals surface area contributed by atoms with Crippen LogP contribution < -0.4 is 10.1 Å². The lowest BCUT2D eigenvalue weighted by molar-refractivity contribution is 0.375. The first-order valence-electron chi connectivity index (χ1n) is 4.38. The molecule has 0 amide bonds. The predicted molar refractivity (Wildman–Crippen MR) is 56.1 cm³/mol. The second-order valence-electron chi connectivity index (χ2n) is 3.16. The number of methoxy groups -OCH3 is 1. The van der Waals surface area contributed by atoms with Crippen molar-refractivity contribution in [3.8, 4) is 5.75 Å². The number of hydrogen-bond donors (Lipinski definition) is 1. The summed E-state index contributed by atoms with van der Waals surface area (Å²) in [6.45, 7) is 1.12. The van der Waals surface area contributed by atoms with Crippen molar-refractivity contribution in [1.82, 2.24) is 5.32 Å². The van der Waals surface area contributed by atoms with E-state index in [1.54, 1.807) is 7.11 Å². The van der Waals surface area contributed by atoms with Crippen molar-refractivity contribution in [3.05, 3.63) is 28.2 Å². The molecule has 0 bridgehead atoms. The highest BCUT2D eigenvalue weighted by molar-refractivity contribution is 9.10. The molecule has 1 heterocycles. The van der Waals surface area contributed by atoms with Crippen molar-refractivity contribution in [2.24, 2.45) is 0 Å². The number of halogens is 1. The van der Waals surface area contributed by atoms with E-state index in [2.05, 4.69) is 27.3 Å². The van der Waals surface area contributed by atoms with E-state index in [-0.39, 0.29) is 0 Å². The molecule has 1 unspecified atom stereocenters. The third-order valence-corrected chi connectivity index (χ3v) is 3.26. The molecule has 1 saturated heterocycles. The van der Waals surface area contributed by atoms with Gasteiger partial charge in [0.25, 0.3) is 0 Å². The average Bonchev–Trinajstić information content (AvgIpc) is 2.05. The highest BCUT2D eigenvalue weighted by atomic mass is 79.9. The molecule has 0 aromatic heterocycles. The molecule has 70 valence electrons. The lowest BCUT2D eigenvalue weighted by atomic mass is 9.98. The van der Waals surface area contributed by atoms with E-state index in [0.717, 1.165) is 16.8 Å². The molecule has 1 fully saturated rings. The Balaban J connectivity index is 2.33. The first-order valence-corrected chi connectivity index (χ1v) is 5.18. The lowest BCUT2D eigenvalue weighted by Gasteiger charge is -2.29. The summed E-state index contributed by atoms with van der Waals surface area (Å²) in [5.41, 5.74) is 1.30. The quantitative estimate of drug-likeness (QED) is 0.860. The van der Waals surface area contributed by atoms with Gasteiger partial charge in [-0.2, -0.15) is 0 Å². The molecule has 2 rings (SSSR count). The number of nitrogens with one attached hydrogen (secondary N) is 1. The van der Waals surface area contributed by atoms with Gasteiger partial charge in [0.1, 0.15) is 5.75 Å². The van der Waals surface area contributed by atoms with Crippen LogP contribution in [0.5, 0.6) is 5.75 Å². The van der Waals surface area contributed by atoms with Gasteiger partial charge in [-0.15, -0.1) is 0 Å². The summed E-state index contributed by atoms with van der Waals surface area (Å²) >= 11 is 3.55. The number of benzene rings is 1. The molecule has 0 aliphatic carbocycles. The summed E-state index contributed by atoms with van der Waals surface area (Å²) in [6.07, 6.45) is 1.21. The van der Waals surface area contributed by atoms with Gasteiger partial charge in [-0.1, -0.05) is 12.1 Å². The van der Waals surface area contributed by atoms with Gasteiger partial charge in [0, 0.05) is 6.04 Å². The molecule has 1 aromatic rings. The van der Waals surface area contributed by atoms with Crippen LogP contribution in [0, 0.1) is 0 Å². The lowest BCUT2D eigenvalue weighted by Crippen LogP contribution is -2.35. The van der Waals surface area contributed by atoms with E-state index in [1.165, 1.54) is 12.0 Å². The predicted octanol–water partition coefficient (Wildman–Crippen LogP) is 2.49. The van der Waals surface area contributed by atoms with E-state index in [9.17, 15) is 0 Å². The van der Waals surface area contributed by atoms with E-state index in [0.29, 0.717) is 6.04 Å². The van der Waals surface area contributed by atoms with Gasteiger partial charge in [-0.25, -0.2) is 0 Å². The molecule has 1 aromatic carbocycles. The monoisotopic (exact) mass is 241 g/mol. The van der Waals surface area contributed by atoms with Crippen LogP contribution in [0.2, 0.25) is 0 Å². The van der Waals surface area contributed by atoms with Gasteiger partial charge in [-0.05, 0) is 40.5 Å².